The van der Waals surface area contributed by atoms with E-state index in [0.717, 1.165) is 21.5 Å². The molecule has 0 saturated heterocycles. The monoisotopic (exact) mass is 476 g/mol. The fourth-order valence-corrected chi connectivity index (χ4v) is 3.10. The van der Waals surface area contributed by atoms with E-state index in [1.165, 1.54) is 0 Å². The summed E-state index contributed by atoms with van der Waals surface area (Å²) in [5.41, 5.74) is 0.840. The molecule has 0 fully saturated rings. The molecule has 0 radical (unpaired) electrons. The predicted molar refractivity (Wildman–Crippen MR) is 117 cm³/mol. The second-order valence-electron chi connectivity index (χ2n) is 6.28. The number of halogens is 1. The average Bonchev–Trinajstić information content (AvgIpc) is 3.09. The van der Waals surface area contributed by atoms with Crippen molar-refractivity contribution in [3.8, 4) is 22.9 Å². The van der Waals surface area contributed by atoms with Gasteiger partial charge < -0.3 is 14.4 Å². The maximum atomic E-state index is 12.7. The Labute approximate surface area is 182 Å². The zero-order valence-electron chi connectivity index (χ0n) is 16.1. The van der Waals surface area contributed by atoms with E-state index in [-0.39, 0.29) is 12.5 Å². The largest absolute Gasteiger partial charge is 0.497 e. The number of carbonyl (C=O) groups is 1. The molecule has 1 heterocycles. The van der Waals surface area contributed by atoms with Gasteiger partial charge in [-0.15, -0.1) is 0 Å². The number of hydrogen-bond acceptors (Lipinski definition) is 5. The van der Waals surface area contributed by atoms with Crippen LogP contribution in [-0.4, -0.2) is 52.9 Å². The number of amides is 1. The van der Waals surface area contributed by atoms with Crippen molar-refractivity contribution in [3.05, 3.63) is 57.8 Å². The van der Waals surface area contributed by atoms with Gasteiger partial charge in [-0.3, -0.25) is 14.5 Å². The molecule has 2 aromatic carbocycles. The molecule has 0 saturated carbocycles. The van der Waals surface area contributed by atoms with Gasteiger partial charge in [0.1, 0.15) is 24.7 Å². The van der Waals surface area contributed by atoms with E-state index in [2.05, 4.69) is 26.1 Å². The van der Waals surface area contributed by atoms with Gasteiger partial charge in [0, 0.05) is 17.1 Å². The molecule has 29 heavy (non-hydrogen) atoms. The van der Waals surface area contributed by atoms with Crippen molar-refractivity contribution in [1.29, 1.82) is 0 Å². The molecule has 0 atom stereocenters. The van der Waals surface area contributed by atoms with Gasteiger partial charge in [-0.25, -0.2) is 0 Å². The Hall–Kier alpha value is -2.65. The Morgan fingerprint density at radius 1 is 1.17 bits per heavy atom. The molecule has 3 aromatic rings. The van der Waals surface area contributed by atoms with E-state index in [1.54, 1.807) is 23.6 Å². The maximum Gasteiger partial charge on any atom is 0.242 e. The van der Waals surface area contributed by atoms with Gasteiger partial charge in [-0.05, 0) is 60.7 Å². The first-order chi connectivity index (χ1) is 14.0. The molecular formula is C20H21BrN4O3S. The second kappa shape index (κ2) is 9.71. The number of hydrogen-bond donors (Lipinski definition) is 1. The standard InChI is InChI=1S/C20H21BrN4O3S/c1-24(11-12-28-17-9-5-15(21)6-10-17)18(26)13-25-19(22-23-20(25)29)14-3-7-16(27-2)8-4-14/h3-10H,11-13H2,1-2H3,(H,23,29). The van der Waals surface area contributed by atoms with Crippen molar-refractivity contribution in [2.75, 3.05) is 27.3 Å². The number of H-pyrrole nitrogens is 1. The zero-order valence-corrected chi connectivity index (χ0v) is 18.5. The van der Waals surface area contributed by atoms with Gasteiger partial charge in [0.05, 0.1) is 13.7 Å². The summed E-state index contributed by atoms with van der Waals surface area (Å²) in [6.45, 7) is 0.940. The third kappa shape index (κ3) is 5.45. The number of methoxy groups -OCH3 is 1. The number of aromatic nitrogens is 3. The number of benzene rings is 2. The first kappa shape index (κ1) is 21.1. The molecule has 7 nitrogen and oxygen atoms in total. The van der Waals surface area contributed by atoms with Crippen molar-refractivity contribution in [2.45, 2.75) is 6.54 Å². The lowest BCUT2D eigenvalue weighted by Crippen LogP contribution is -2.33. The Kier molecular flexibility index (Phi) is 7.05. The molecule has 9 heteroatoms. The van der Waals surface area contributed by atoms with E-state index in [0.29, 0.717) is 23.7 Å². The van der Waals surface area contributed by atoms with E-state index < -0.39 is 0 Å². The lowest BCUT2D eigenvalue weighted by molar-refractivity contribution is -0.130. The van der Waals surface area contributed by atoms with Crippen LogP contribution in [0.15, 0.2) is 53.0 Å². The van der Waals surface area contributed by atoms with E-state index >= 15 is 0 Å². The number of rotatable bonds is 8. The van der Waals surface area contributed by atoms with Crippen LogP contribution in [0.4, 0.5) is 0 Å². The first-order valence-electron chi connectivity index (χ1n) is 8.90. The molecule has 0 aliphatic carbocycles. The summed E-state index contributed by atoms with van der Waals surface area (Å²) in [6, 6.07) is 15.0. The Balaban J connectivity index is 1.61. The number of aromatic amines is 1. The maximum absolute atomic E-state index is 12.7. The highest BCUT2D eigenvalue weighted by Gasteiger charge is 2.15. The molecule has 0 unspecified atom stereocenters. The van der Waals surface area contributed by atoms with Crippen LogP contribution in [0.25, 0.3) is 11.4 Å². The number of ether oxygens (including phenoxy) is 2. The highest BCUT2D eigenvalue weighted by Crippen LogP contribution is 2.21. The van der Waals surface area contributed by atoms with Crippen molar-refractivity contribution in [3.63, 3.8) is 0 Å². The molecule has 0 bridgehead atoms. The zero-order chi connectivity index (χ0) is 20.8. The molecule has 1 N–H and O–H groups in total. The second-order valence-corrected chi connectivity index (χ2v) is 7.59. The summed E-state index contributed by atoms with van der Waals surface area (Å²) in [4.78, 5) is 14.3. The molecule has 1 amide bonds. The summed E-state index contributed by atoms with van der Waals surface area (Å²) >= 11 is 8.70. The van der Waals surface area contributed by atoms with Crippen LogP contribution in [0, 0.1) is 4.77 Å². The number of likely N-dealkylation sites (N-methyl/N-ethyl adjacent to an activating group) is 1. The smallest absolute Gasteiger partial charge is 0.242 e. The summed E-state index contributed by atoms with van der Waals surface area (Å²) in [7, 11) is 3.35. The Morgan fingerprint density at radius 3 is 2.48 bits per heavy atom. The average molecular weight is 477 g/mol. The van der Waals surface area contributed by atoms with Crippen LogP contribution < -0.4 is 9.47 Å². The van der Waals surface area contributed by atoms with Gasteiger partial charge >= 0.3 is 0 Å². The van der Waals surface area contributed by atoms with Crippen LogP contribution in [0.1, 0.15) is 0 Å². The number of carbonyl (C=O) groups excluding carboxylic acids is 1. The Morgan fingerprint density at radius 2 is 1.83 bits per heavy atom. The molecule has 0 spiro atoms. The van der Waals surface area contributed by atoms with Crippen LogP contribution in [0.5, 0.6) is 11.5 Å². The van der Waals surface area contributed by atoms with E-state index in [9.17, 15) is 4.79 Å². The highest BCUT2D eigenvalue weighted by molar-refractivity contribution is 9.10. The minimum Gasteiger partial charge on any atom is -0.497 e. The van der Waals surface area contributed by atoms with Gasteiger partial charge in [0.2, 0.25) is 5.91 Å². The summed E-state index contributed by atoms with van der Waals surface area (Å²) in [5, 5.41) is 7.03. The third-order valence-corrected chi connectivity index (χ3v) is 5.18. The first-order valence-corrected chi connectivity index (χ1v) is 10.1. The number of nitrogens with one attached hydrogen (secondary N) is 1. The van der Waals surface area contributed by atoms with Crippen LogP contribution in [0.3, 0.4) is 0 Å². The third-order valence-electron chi connectivity index (χ3n) is 4.33. The quantitative estimate of drug-likeness (QED) is 0.498. The fraction of sp³-hybridized carbons (Fsp3) is 0.250. The van der Waals surface area contributed by atoms with Crippen molar-refractivity contribution >= 4 is 34.1 Å². The lowest BCUT2D eigenvalue weighted by Gasteiger charge is -2.18. The molecular weight excluding hydrogens is 456 g/mol. The van der Waals surface area contributed by atoms with Gasteiger partial charge in [0.15, 0.2) is 10.6 Å². The van der Waals surface area contributed by atoms with Crippen molar-refractivity contribution in [2.24, 2.45) is 0 Å². The minimum absolute atomic E-state index is 0.0864. The molecule has 1 aromatic heterocycles. The van der Waals surface area contributed by atoms with Crippen LogP contribution in [-0.2, 0) is 11.3 Å². The normalized spacial score (nSPS) is 10.6. The minimum atomic E-state index is -0.0864. The SMILES string of the molecule is COc1ccc(-c2n[nH]c(=S)n2CC(=O)N(C)CCOc2ccc(Br)cc2)cc1. The number of nitrogens with zero attached hydrogens (tertiary/aromatic N) is 3. The topological polar surface area (TPSA) is 72.4 Å². The summed E-state index contributed by atoms with van der Waals surface area (Å²) in [6.07, 6.45) is 0. The summed E-state index contributed by atoms with van der Waals surface area (Å²) < 4.78 is 13.9. The molecule has 3 rings (SSSR count). The van der Waals surface area contributed by atoms with Crippen LogP contribution in [0.2, 0.25) is 0 Å². The van der Waals surface area contributed by atoms with Gasteiger partial charge in [-0.2, -0.15) is 5.10 Å². The van der Waals surface area contributed by atoms with E-state index in [4.69, 9.17) is 21.7 Å². The van der Waals surface area contributed by atoms with Gasteiger partial charge in [0.25, 0.3) is 0 Å². The Bertz CT molecular complexity index is 1020. The summed E-state index contributed by atoms with van der Waals surface area (Å²) in [5.74, 6) is 2.02. The highest BCUT2D eigenvalue weighted by atomic mass is 79.9. The predicted octanol–water partition coefficient (Wildman–Crippen LogP) is 3.92. The van der Waals surface area contributed by atoms with Crippen LogP contribution >= 0.6 is 28.1 Å². The lowest BCUT2D eigenvalue weighted by atomic mass is 10.2. The van der Waals surface area contributed by atoms with E-state index in [1.807, 2.05) is 48.5 Å². The molecule has 152 valence electrons. The van der Waals surface area contributed by atoms with Crippen molar-refractivity contribution in [1.82, 2.24) is 19.7 Å². The van der Waals surface area contributed by atoms with Crippen molar-refractivity contribution < 1.29 is 14.3 Å². The molecule has 0 aliphatic heterocycles. The van der Waals surface area contributed by atoms with Gasteiger partial charge in [-0.1, -0.05) is 15.9 Å². The fourth-order valence-electron chi connectivity index (χ4n) is 2.64. The molecule has 0 aliphatic rings.